The summed E-state index contributed by atoms with van der Waals surface area (Å²) in [7, 11) is -4.71. The lowest BCUT2D eigenvalue weighted by molar-refractivity contribution is -0.0695. The number of fused-ring (bicyclic) bond motifs is 1. The van der Waals surface area contributed by atoms with Crippen molar-refractivity contribution >= 4 is 30.5 Å². The molecule has 4 atom stereocenters. The third-order valence-corrected chi connectivity index (χ3v) is 5.50. The molecule has 3 aromatic rings. The third kappa shape index (κ3) is 4.40. The van der Waals surface area contributed by atoms with Gasteiger partial charge in [0, 0.05) is 16.3 Å². The minimum atomic E-state index is -4.71. The van der Waals surface area contributed by atoms with Gasteiger partial charge in [-0.3, -0.25) is 13.9 Å². The van der Waals surface area contributed by atoms with Crippen LogP contribution in [0.3, 0.4) is 0 Å². The van der Waals surface area contributed by atoms with Gasteiger partial charge in [-0.05, 0) is 23.7 Å². The van der Waals surface area contributed by atoms with Crippen molar-refractivity contribution in [2.45, 2.75) is 24.2 Å². The highest BCUT2D eigenvalue weighted by Gasteiger charge is 2.54. The van der Waals surface area contributed by atoms with Crippen molar-refractivity contribution in [3.8, 4) is 0 Å². The molecule has 1 fully saturated rings. The molecule has 0 saturated carbocycles. The van der Waals surface area contributed by atoms with E-state index in [-0.39, 0.29) is 17.0 Å². The van der Waals surface area contributed by atoms with Gasteiger partial charge in [0.15, 0.2) is 28.9 Å². The molecule has 5 N–H and O–H groups in total. The van der Waals surface area contributed by atoms with Gasteiger partial charge in [-0.2, -0.15) is 0 Å². The lowest BCUT2D eigenvalue weighted by Crippen LogP contribution is -2.39. The van der Waals surface area contributed by atoms with Crippen LogP contribution in [0.2, 0.25) is 0 Å². The number of hydrogen-bond donors (Lipinski definition) is 5. The minimum absolute atomic E-state index is 0.0633. The third-order valence-electron chi connectivity index (χ3n) is 4.96. The molecule has 4 rings (SSSR count). The van der Waals surface area contributed by atoms with Gasteiger partial charge >= 0.3 is 7.60 Å². The molecule has 1 aliphatic heterocycles. The monoisotopic (exact) mass is 488 g/mol. The Morgan fingerprint density at radius 1 is 1.26 bits per heavy atom. The standard InChI is InChI=1S/C18H17N8O7P/c19-25-24-18(6-7-34(30,31)32)13(28)12(27)17(33-18)26-9-22-11-14(20-8-21-15(11)26)23-16(29)10-4-2-1-3-5-10/h1-9,12-13,17,27-28H,(H2,30,31,32)(H,20,21,23,29)/b7-6+/t12-,13+,17-,18-/m1/s1. The number of rotatable bonds is 6. The first kappa shape index (κ1) is 23.5. The summed E-state index contributed by atoms with van der Waals surface area (Å²) >= 11 is 0. The van der Waals surface area contributed by atoms with Gasteiger partial charge < -0.3 is 30.1 Å². The number of aliphatic hydroxyl groups is 2. The molecule has 0 aliphatic carbocycles. The van der Waals surface area contributed by atoms with Crippen LogP contribution in [0.1, 0.15) is 16.6 Å². The first-order valence-electron chi connectivity index (χ1n) is 9.55. The lowest BCUT2D eigenvalue weighted by atomic mass is 10.1. The molecule has 2 aromatic heterocycles. The Balaban J connectivity index is 1.70. The van der Waals surface area contributed by atoms with Gasteiger partial charge in [-0.25, -0.2) is 15.0 Å². The van der Waals surface area contributed by atoms with Crippen LogP contribution in [0.25, 0.3) is 21.6 Å². The van der Waals surface area contributed by atoms with E-state index < -0.39 is 37.7 Å². The topological polar surface area (TPSA) is 229 Å². The number of carbonyl (C=O) groups is 1. The first-order chi connectivity index (χ1) is 16.1. The van der Waals surface area contributed by atoms with E-state index in [2.05, 4.69) is 30.3 Å². The van der Waals surface area contributed by atoms with Crippen molar-refractivity contribution in [1.29, 1.82) is 0 Å². The van der Waals surface area contributed by atoms with Crippen LogP contribution < -0.4 is 5.32 Å². The Morgan fingerprint density at radius 3 is 2.68 bits per heavy atom. The summed E-state index contributed by atoms with van der Waals surface area (Å²) in [5, 5.41) is 27.0. The number of aliphatic hydroxyl groups excluding tert-OH is 2. The van der Waals surface area contributed by atoms with Crippen LogP contribution in [-0.4, -0.2) is 63.4 Å². The van der Waals surface area contributed by atoms with Gasteiger partial charge in [-0.1, -0.05) is 23.3 Å². The van der Waals surface area contributed by atoms with E-state index in [4.69, 9.17) is 20.1 Å². The molecule has 1 aliphatic rings. The molecular weight excluding hydrogens is 471 g/mol. The fraction of sp³-hybridized carbons (Fsp3) is 0.222. The number of imidazole rings is 1. The first-order valence-corrected chi connectivity index (χ1v) is 11.2. The largest absolute Gasteiger partial charge is 0.387 e. The molecule has 1 amide bonds. The number of nitrogens with one attached hydrogen (secondary N) is 1. The summed E-state index contributed by atoms with van der Waals surface area (Å²) in [5.74, 6) is 0.00630. The van der Waals surface area contributed by atoms with E-state index in [1.165, 1.54) is 10.9 Å². The minimum Gasteiger partial charge on any atom is -0.387 e. The zero-order valence-electron chi connectivity index (χ0n) is 17.0. The van der Waals surface area contributed by atoms with Gasteiger partial charge in [-0.15, -0.1) is 0 Å². The van der Waals surface area contributed by atoms with E-state index in [0.717, 1.165) is 6.33 Å². The fourth-order valence-electron chi connectivity index (χ4n) is 3.38. The van der Waals surface area contributed by atoms with E-state index in [1.807, 2.05) is 0 Å². The van der Waals surface area contributed by atoms with Crippen LogP contribution in [0, 0.1) is 0 Å². The Hall–Kier alpha value is -3.68. The fourth-order valence-corrected chi connectivity index (χ4v) is 3.79. The molecule has 0 radical (unpaired) electrons. The van der Waals surface area contributed by atoms with Gasteiger partial charge in [0.1, 0.15) is 18.5 Å². The van der Waals surface area contributed by atoms with Gasteiger partial charge in [0.25, 0.3) is 5.91 Å². The summed E-state index contributed by atoms with van der Waals surface area (Å²) in [5.41, 5.74) is 7.17. The summed E-state index contributed by atoms with van der Waals surface area (Å²) in [6.45, 7) is 0. The number of anilines is 1. The predicted octanol–water partition coefficient (Wildman–Crippen LogP) is 1.03. The molecule has 176 valence electrons. The second-order valence-corrected chi connectivity index (χ2v) is 8.63. The number of nitrogens with zero attached hydrogens (tertiary/aromatic N) is 7. The average Bonchev–Trinajstić information content (AvgIpc) is 3.34. The van der Waals surface area contributed by atoms with E-state index >= 15 is 0 Å². The number of azide groups is 1. The van der Waals surface area contributed by atoms with Crippen molar-refractivity contribution in [1.82, 2.24) is 19.5 Å². The second kappa shape index (κ2) is 8.93. The highest BCUT2D eigenvalue weighted by Crippen LogP contribution is 2.44. The van der Waals surface area contributed by atoms with Crippen molar-refractivity contribution in [2.75, 3.05) is 5.32 Å². The maximum absolute atomic E-state index is 12.5. The van der Waals surface area contributed by atoms with E-state index in [0.29, 0.717) is 17.5 Å². The normalized spacial score (nSPS) is 24.9. The Labute approximate surface area is 190 Å². The molecule has 1 aromatic carbocycles. The molecular formula is C18H17N8O7P. The highest BCUT2D eigenvalue weighted by molar-refractivity contribution is 7.55. The molecule has 34 heavy (non-hydrogen) atoms. The highest BCUT2D eigenvalue weighted by atomic mass is 31.2. The van der Waals surface area contributed by atoms with Gasteiger partial charge in [0.05, 0.1) is 6.33 Å². The summed E-state index contributed by atoms with van der Waals surface area (Å²) in [4.78, 5) is 45.5. The number of hydrogen-bond acceptors (Lipinski definition) is 9. The number of carbonyl (C=O) groups excluding carboxylic acids is 1. The van der Waals surface area contributed by atoms with Crippen LogP contribution in [-0.2, 0) is 9.30 Å². The van der Waals surface area contributed by atoms with Crippen LogP contribution in [0.4, 0.5) is 5.82 Å². The Bertz CT molecular complexity index is 1350. The zero-order chi connectivity index (χ0) is 24.5. The smallest absolute Gasteiger partial charge is 0.348 e. The molecule has 1 saturated heterocycles. The zero-order valence-corrected chi connectivity index (χ0v) is 17.9. The molecule has 0 spiro atoms. The van der Waals surface area contributed by atoms with Crippen molar-refractivity contribution < 1.29 is 34.1 Å². The Kier molecular flexibility index (Phi) is 6.17. The lowest BCUT2D eigenvalue weighted by Gasteiger charge is -2.22. The van der Waals surface area contributed by atoms with Crippen molar-refractivity contribution in [3.05, 3.63) is 70.9 Å². The number of ether oxygens (including phenoxy) is 1. The van der Waals surface area contributed by atoms with Crippen LogP contribution >= 0.6 is 7.60 Å². The summed E-state index contributed by atoms with van der Waals surface area (Å²) < 4.78 is 18.0. The van der Waals surface area contributed by atoms with Crippen molar-refractivity contribution in [3.63, 3.8) is 0 Å². The Morgan fingerprint density at radius 2 is 2.00 bits per heavy atom. The number of amides is 1. The molecule has 3 heterocycles. The molecule has 16 heteroatoms. The van der Waals surface area contributed by atoms with E-state index in [1.54, 1.807) is 30.3 Å². The van der Waals surface area contributed by atoms with Crippen molar-refractivity contribution in [2.24, 2.45) is 5.11 Å². The molecule has 15 nitrogen and oxygen atoms in total. The second-order valence-electron chi connectivity index (χ2n) is 7.16. The summed E-state index contributed by atoms with van der Waals surface area (Å²) in [6, 6.07) is 8.36. The predicted molar refractivity (Wildman–Crippen MR) is 115 cm³/mol. The average molecular weight is 488 g/mol. The maximum Gasteiger partial charge on any atom is 0.348 e. The quantitative estimate of drug-likeness (QED) is 0.143. The van der Waals surface area contributed by atoms with E-state index in [9.17, 15) is 19.6 Å². The number of benzene rings is 1. The molecule has 0 bridgehead atoms. The van der Waals surface area contributed by atoms with Gasteiger partial charge in [0.2, 0.25) is 0 Å². The number of aromatic nitrogens is 4. The maximum atomic E-state index is 12.5. The van der Waals surface area contributed by atoms with Crippen LogP contribution in [0.15, 0.2) is 60.0 Å². The molecule has 0 unspecified atom stereocenters. The SMILES string of the molecule is [N-]=[N+]=N[C@]1(/C=C/P(=O)(O)O)O[C@@H](n2cnc3c(NC(=O)c4ccccc4)ncnc32)[C@H](O)[C@@H]1O. The summed E-state index contributed by atoms with van der Waals surface area (Å²) in [6.07, 6.45) is -2.04. The van der Waals surface area contributed by atoms with Crippen LogP contribution in [0.5, 0.6) is 0 Å².